The van der Waals surface area contributed by atoms with Gasteiger partial charge in [0.2, 0.25) is 0 Å². The topological polar surface area (TPSA) is 52.5 Å². The van der Waals surface area contributed by atoms with Gasteiger partial charge in [-0.05, 0) is 0 Å². The molecule has 0 amide bonds. The molecule has 0 bridgehead atoms. The Kier molecular flexibility index (Phi) is 2.00. The summed E-state index contributed by atoms with van der Waals surface area (Å²) in [7, 11) is 0. The molecule has 0 spiro atoms. The first-order chi connectivity index (χ1) is 4.25. The molecule has 0 aromatic rings. The molecule has 0 unspecified atom stereocenters. The van der Waals surface area contributed by atoms with Gasteiger partial charge >= 0.3 is 0 Å². The molecule has 3 N–H and O–H groups in total. The Morgan fingerprint density at radius 3 is 2.44 bits per heavy atom. The van der Waals surface area contributed by atoms with Crippen molar-refractivity contribution >= 4 is 0 Å². The molecule has 0 aromatic heterocycles. The van der Waals surface area contributed by atoms with Crippen LogP contribution in [0.4, 0.5) is 4.39 Å². The Morgan fingerprint density at radius 2 is 2.22 bits per heavy atom. The van der Waals surface area contributed by atoms with E-state index in [4.69, 9.17) is 10.2 Å². The van der Waals surface area contributed by atoms with Gasteiger partial charge in [0.25, 0.3) is 0 Å². The number of aliphatic hydroxyl groups excluding tert-OH is 2. The summed E-state index contributed by atoms with van der Waals surface area (Å²) in [5, 5.41) is 20.4. The van der Waals surface area contributed by atoms with Gasteiger partial charge in [0.15, 0.2) is 0 Å². The van der Waals surface area contributed by atoms with Crippen molar-refractivity contribution in [1.29, 1.82) is 0 Å². The molecule has 0 aromatic carbocycles. The van der Waals surface area contributed by atoms with E-state index in [2.05, 4.69) is 5.32 Å². The summed E-state index contributed by atoms with van der Waals surface area (Å²) in [4.78, 5) is 0. The zero-order chi connectivity index (χ0) is 6.85. The first-order valence-electron chi connectivity index (χ1n) is 2.91. The second-order valence-electron chi connectivity index (χ2n) is 2.23. The monoisotopic (exact) mass is 135 g/mol. The van der Waals surface area contributed by atoms with E-state index >= 15 is 0 Å². The lowest BCUT2D eigenvalue weighted by Crippen LogP contribution is -2.34. The highest BCUT2D eigenvalue weighted by atomic mass is 19.1. The molecule has 1 fully saturated rings. The average molecular weight is 135 g/mol. The van der Waals surface area contributed by atoms with Crippen molar-refractivity contribution < 1.29 is 14.6 Å². The summed E-state index contributed by atoms with van der Waals surface area (Å²) in [6, 6.07) is -0.569. The largest absolute Gasteiger partial charge is 0.389 e. The molecule has 1 rings (SSSR count). The van der Waals surface area contributed by atoms with Gasteiger partial charge in [0.1, 0.15) is 6.67 Å². The number of hydrogen-bond donors (Lipinski definition) is 3. The molecule has 3 atom stereocenters. The van der Waals surface area contributed by atoms with Gasteiger partial charge in [-0.15, -0.1) is 0 Å². The van der Waals surface area contributed by atoms with Crippen LogP contribution in [0.1, 0.15) is 0 Å². The number of β-amino-alcohol motifs (C(OH)–C–C–N with tert-alkyl or cyclic N) is 1. The number of nitrogens with one attached hydrogen (secondary N) is 1. The number of hydrogen-bond acceptors (Lipinski definition) is 3. The molecule has 0 saturated carbocycles. The molecule has 9 heavy (non-hydrogen) atoms. The Labute approximate surface area is 52.5 Å². The van der Waals surface area contributed by atoms with E-state index in [0.29, 0.717) is 0 Å². The van der Waals surface area contributed by atoms with Crippen molar-refractivity contribution in [3.05, 3.63) is 0 Å². The van der Waals surface area contributed by atoms with E-state index in [1.165, 1.54) is 0 Å². The normalized spacial score (nSPS) is 43.7. The Bertz CT molecular complexity index is 101. The molecular weight excluding hydrogens is 125 g/mol. The Morgan fingerprint density at radius 1 is 1.56 bits per heavy atom. The van der Waals surface area contributed by atoms with Crippen molar-refractivity contribution in [1.82, 2.24) is 5.32 Å². The number of rotatable bonds is 1. The van der Waals surface area contributed by atoms with Crippen molar-refractivity contribution in [2.45, 2.75) is 18.2 Å². The van der Waals surface area contributed by atoms with Crippen LogP contribution in [-0.2, 0) is 0 Å². The fraction of sp³-hybridized carbons (Fsp3) is 1.00. The van der Waals surface area contributed by atoms with Crippen LogP contribution < -0.4 is 5.32 Å². The summed E-state index contributed by atoms with van der Waals surface area (Å²) >= 11 is 0. The van der Waals surface area contributed by atoms with Crippen LogP contribution in [0.5, 0.6) is 0 Å². The molecule has 1 heterocycles. The van der Waals surface area contributed by atoms with Crippen LogP contribution >= 0.6 is 0 Å². The predicted molar refractivity (Wildman–Crippen MR) is 29.8 cm³/mol. The van der Waals surface area contributed by atoms with Crippen molar-refractivity contribution in [2.75, 3.05) is 13.2 Å². The first-order valence-corrected chi connectivity index (χ1v) is 2.91. The van der Waals surface area contributed by atoms with Gasteiger partial charge in [0.05, 0.1) is 18.2 Å². The highest BCUT2D eigenvalue weighted by Crippen LogP contribution is 2.07. The average Bonchev–Trinajstić information content (AvgIpc) is 2.15. The third-order valence-corrected chi connectivity index (χ3v) is 1.56. The van der Waals surface area contributed by atoms with Crippen LogP contribution in [-0.4, -0.2) is 41.7 Å². The summed E-state index contributed by atoms with van der Waals surface area (Å²) < 4.78 is 11.8. The maximum atomic E-state index is 11.8. The van der Waals surface area contributed by atoms with Crippen LogP contribution in [0.15, 0.2) is 0 Å². The molecule has 4 heteroatoms. The lowest BCUT2D eigenvalue weighted by Gasteiger charge is -2.10. The van der Waals surface area contributed by atoms with Gasteiger partial charge in [0, 0.05) is 6.54 Å². The molecule has 0 radical (unpaired) electrons. The van der Waals surface area contributed by atoms with Crippen molar-refractivity contribution in [3.8, 4) is 0 Å². The molecule has 3 nitrogen and oxygen atoms in total. The van der Waals surface area contributed by atoms with Gasteiger partial charge < -0.3 is 15.5 Å². The van der Waals surface area contributed by atoms with Gasteiger partial charge in [-0.2, -0.15) is 0 Å². The lowest BCUT2D eigenvalue weighted by atomic mass is 10.2. The second kappa shape index (κ2) is 2.60. The van der Waals surface area contributed by atoms with E-state index in [-0.39, 0.29) is 6.54 Å². The van der Waals surface area contributed by atoms with E-state index in [1.54, 1.807) is 0 Å². The third-order valence-electron chi connectivity index (χ3n) is 1.56. The molecule has 1 saturated heterocycles. The summed E-state index contributed by atoms with van der Waals surface area (Å²) in [5.41, 5.74) is 0. The lowest BCUT2D eigenvalue weighted by molar-refractivity contribution is 0.0365. The Balaban J connectivity index is 2.41. The highest BCUT2D eigenvalue weighted by Gasteiger charge is 2.32. The SMILES string of the molecule is O[C@@H]1[C@H](O)CN[C@H]1CF. The first kappa shape index (κ1) is 6.92. The number of alkyl halides is 1. The number of halogens is 1. The second-order valence-corrected chi connectivity index (χ2v) is 2.23. The Hall–Kier alpha value is -0.190. The van der Waals surface area contributed by atoms with E-state index < -0.39 is 24.9 Å². The van der Waals surface area contributed by atoms with E-state index in [0.717, 1.165) is 0 Å². The van der Waals surface area contributed by atoms with Crippen molar-refractivity contribution in [3.63, 3.8) is 0 Å². The molecule has 0 aliphatic carbocycles. The zero-order valence-corrected chi connectivity index (χ0v) is 4.92. The molecule has 1 aliphatic heterocycles. The maximum Gasteiger partial charge on any atom is 0.107 e. The van der Waals surface area contributed by atoms with Gasteiger partial charge in [-0.1, -0.05) is 0 Å². The predicted octanol–water partition coefficient (Wildman–Crippen LogP) is -1.35. The minimum atomic E-state index is -0.935. The van der Waals surface area contributed by atoms with Gasteiger partial charge in [-0.25, -0.2) is 4.39 Å². The summed E-state index contributed by atoms with van der Waals surface area (Å²) in [6.45, 7) is -0.339. The maximum absolute atomic E-state index is 11.8. The van der Waals surface area contributed by atoms with E-state index in [9.17, 15) is 4.39 Å². The third kappa shape index (κ3) is 1.20. The summed E-state index contributed by atoms with van der Waals surface area (Å²) in [5.74, 6) is 0. The smallest absolute Gasteiger partial charge is 0.107 e. The number of aliphatic hydroxyl groups is 2. The molecular formula is C5H10FNO2. The highest BCUT2D eigenvalue weighted by molar-refractivity contribution is 4.89. The van der Waals surface area contributed by atoms with E-state index in [1.807, 2.05) is 0 Å². The molecule has 54 valence electrons. The zero-order valence-electron chi connectivity index (χ0n) is 4.92. The quantitative estimate of drug-likeness (QED) is 0.416. The van der Waals surface area contributed by atoms with Crippen LogP contribution in [0, 0.1) is 0 Å². The van der Waals surface area contributed by atoms with Crippen LogP contribution in [0.3, 0.4) is 0 Å². The van der Waals surface area contributed by atoms with Crippen LogP contribution in [0.2, 0.25) is 0 Å². The van der Waals surface area contributed by atoms with Crippen molar-refractivity contribution in [2.24, 2.45) is 0 Å². The van der Waals surface area contributed by atoms with Gasteiger partial charge in [-0.3, -0.25) is 0 Å². The minimum Gasteiger partial charge on any atom is -0.389 e. The fourth-order valence-corrected chi connectivity index (χ4v) is 0.928. The van der Waals surface area contributed by atoms with Crippen LogP contribution in [0.25, 0.3) is 0 Å². The fourth-order valence-electron chi connectivity index (χ4n) is 0.928. The minimum absolute atomic E-state index is 0.287. The molecule has 1 aliphatic rings. The summed E-state index contributed by atoms with van der Waals surface area (Å²) in [6.07, 6.45) is -1.74. The standard InChI is InChI=1S/C5H10FNO2/c6-1-3-5(9)4(8)2-7-3/h3-5,7-9H,1-2H2/t3-,4+,5-/m0/s1.